The fourth-order valence-corrected chi connectivity index (χ4v) is 1.88. The molecule has 1 aromatic rings. The summed E-state index contributed by atoms with van der Waals surface area (Å²) in [6.07, 6.45) is 2.41. The van der Waals surface area contributed by atoms with Gasteiger partial charge in [0.15, 0.2) is 0 Å². The Bertz CT molecular complexity index is 468. The lowest BCUT2D eigenvalue weighted by Crippen LogP contribution is -2.49. The van der Waals surface area contributed by atoms with Gasteiger partial charge in [-0.1, -0.05) is 12.1 Å². The predicted molar refractivity (Wildman–Crippen MR) is 66.3 cm³/mol. The van der Waals surface area contributed by atoms with Gasteiger partial charge in [0.2, 0.25) is 5.91 Å². The Hall–Kier alpha value is -2.17. The number of nitrogens with zero attached hydrogens (tertiary/aromatic N) is 1. The summed E-state index contributed by atoms with van der Waals surface area (Å²) >= 11 is 0. The average molecular weight is 246 g/mol. The number of amides is 3. The maximum absolute atomic E-state index is 11.6. The van der Waals surface area contributed by atoms with Crippen molar-refractivity contribution < 1.29 is 14.4 Å². The third kappa shape index (κ3) is 2.74. The Labute approximate surface area is 105 Å². The standard InChI is InChI=1S/C13H14N2O3/c16-9-1-2-10-3-5-11(6-4-10)15-8-7-12(17)14-13(15)18/h3-6,9H,1-2,7-8H2,(H,14,17,18). The minimum Gasteiger partial charge on any atom is -0.303 e. The van der Waals surface area contributed by atoms with Gasteiger partial charge < -0.3 is 4.79 Å². The Morgan fingerprint density at radius 2 is 1.94 bits per heavy atom. The van der Waals surface area contributed by atoms with Gasteiger partial charge in [-0.15, -0.1) is 0 Å². The number of carbonyl (C=O) groups excluding carboxylic acids is 3. The number of benzene rings is 1. The lowest BCUT2D eigenvalue weighted by Gasteiger charge is -2.26. The molecule has 1 heterocycles. The smallest absolute Gasteiger partial charge is 0.303 e. The minimum absolute atomic E-state index is 0.237. The van der Waals surface area contributed by atoms with Crippen molar-refractivity contribution in [3.63, 3.8) is 0 Å². The highest BCUT2D eigenvalue weighted by molar-refractivity contribution is 6.05. The highest BCUT2D eigenvalue weighted by Crippen LogP contribution is 2.18. The fraction of sp³-hybridized carbons (Fsp3) is 0.308. The molecule has 5 nitrogen and oxygen atoms in total. The lowest BCUT2D eigenvalue weighted by atomic mass is 10.1. The Kier molecular flexibility index (Phi) is 3.72. The molecule has 1 aliphatic rings. The first-order valence-electron chi connectivity index (χ1n) is 5.84. The number of hydrogen-bond donors (Lipinski definition) is 1. The van der Waals surface area contributed by atoms with E-state index in [4.69, 9.17) is 0 Å². The monoisotopic (exact) mass is 246 g/mol. The molecule has 3 amide bonds. The summed E-state index contributed by atoms with van der Waals surface area (Å²) < 4.78 is 0. The van der Waals surface area contributed by atoms with Crippen LogP contribution in [0.5, 0.6) is 0 Å². The summed E-state index contributed by atoms with van der Waals surface area (Å²) in [7, 11) is 0. The van der Waals surface area contributed by atoms with E-state index in [2.05, 4.69) is 5.32 Å². The van der Waals surface area contributed by atoms with Gasteiger partial charge in [-0.25, -0.2) is 4.79 Å². The molecule has 94 valence electrons. The van der Waals surface area contributed by atoms with Crippen LogP contribution in [-0.2, 0) is 16.0 Å². The van der Waals surface area contributed by atoms with Crippen LogP contribution in [0.4, 0.5) is 10.5 Å². The molecule has 1 saturated heterocycles. The molecule has 0 unspecified atom stereocenters. The maximum Gasteiger partial charge on any atom is 0.328 e. The van der Waals surface area contributed by atoms with E-state index in [-0.39, 0.29) is 11.9 Å². The van der Waals surface area contributed by atoms with E-state index in [1.54, 1.807) is 0 Å². The summed E-state index contributed by atoms with van der Waals surface area (Å²) in [4.78, 5) is 34.4. The zero-order valence-electron chi connectivity index (χ0n) is 9.89. The van der Waals surface area contributed by atoms with Crippen LogP contribution < -0.4 is 10.2 Å². The van der Waals surface area contributed by atoms with E-state index in [0.29, 0.717) is 25.8 Å². The van der Waals surface area contributed by atoms with Gasteiger partial charge >= 0.3 is 6.03 Å². The SMILES string of the molecule is O=CCCc1ccc(N2CCC(=O)NC2=O)cc1. The second-order valence-electron chi connectivity index (χ2n) is 4.13. The van der Waals surface area contributed by atoms with Crippen LogP contribution in [0.15, 0.2) is 24.3 Å². The van der Waals surface area contributed by atoms with Gasteiger partial charge in [-0.2, -0.15) is 0 Å². The molecule has 0 spiro atoms. The van der Waals surface area contributed by atoms with Gasteiger partial charge in [-0.05, 0) is 24.1 Å². The molecular formula is C13H14N2O3. The Balaban J connectivity index is 2.07. The van der Waals surface area contributed by atoms with Crippen molar-refractivity contribution in [3.05, 3.63) is 29.8 Å². The van der Waals surface area contributed by atoms with Crippen molar-refractivity contribution in [2.24, 2.45) is 0 Å². The second-order valence-corrected chi connectivity index (χ2v) is 4.13. The summed E-state index contributed by atoms with van der Waals surface area (Å²) in [5, 5.41) is 2.28. The van der Waals surface area contributed by atoms with Crippen molar-refractivity contribution in [1.29, 1.82) is 0 Å². The molecule has 0 radical (unpaired) electrons. The number of nitrogens with one attached hydrogen (secondary N) is 1. The number of carbonyl (C=O) groups is 3. The van der Waals surface area contributed by atoms with Gasteiger partial charge in [0.25, 0.3) is 0 Å². The van der Waals surface area contributed by atoms with Gasteiger partial charge in [0.1, 0.15) is 6.29 Å². The lowest BCUT2D eigenvalue weighted by molar-refractivity contribution is -0.120. The summed E-state index contributed by atoms with van der Waals surface area (Å²) in [6.45, 7) is 0.401. The number of hydrogen-bond acceptors (Lipinski definition) is 3. The average Bonchev–Trinajstić information content (AvgIpc) is 2.37. The molecule has 0 bridgehead atoms. The van der Waals surface area contributed by atoms with Crippen LogP contribution in [-0.4, -0.2) is 24.8 Å². The van der Waals surface area contributed by atoms with E-state index in [1.807, 2.05) is 24.3 Å². The Morgan fingerprint density at radius 3 is 2.56 bits per heavy atom. The first-order chi connectivity index (χ1) is 8.70. The minimum atomic E-state index is -0.383. The summed E-state index contributed by atoms with van der Waals surface area (Å²) in [6, 6.07) is 7.06. The molecule has 5 heteroatoms. The number of urea groups is 1. The second kappa shape index (κ2) is 5.44. The van der Waals surface area contributed by atoms with E-state index in [0.717, 1.165) is 17.5 Å². The highest BCUT2D eigenvalue weighted by Gasteiger charge is 2.23. The molecular weight excluding hydrogens is 232 g/mol. The molecule has 0 aliphatic carbocycles. The third-order valence-electron chi connectivity index (χ3n) is 2.85. The highest BCUT2D eigenvalue weighted by atomic mass is 16.2. The third-order valence-corrected chi connectivity index (χ3v) is 2.85. The molecule has 1 aromatic carbocycles. The molecule has 1 aliphatic heterocycles. The van der Waals surface area contributed by atoms with E-state index < -0.39 is 0 Å². The number of aryl methyl sites for hydroxylation is 1. The number of anilines is 1. The first-order valence-corrected chi connectivity index (χ1v) is 5.84. The normalized spacial score (nSPS) is 15.4. The molecule has 0 aromatic heterocycles. The number of rotatable bonds is 4. The van der Waals surface area contributed by atoms with Crippen molar-refractivity contribution in [1.82, 2.24) is 5.32 Å². The predicted octanol–water partition coefficient (Wildman–Crippen LogP) is 1.26. The number of imide groups is 1. The zero-order valence-corrected chi connectivity index (χ0v) is 9.89. The van der Waals surface area contributed by atoms with Crippen molar-refractivity contribution in [2.45, 2.75) is 19.3 Å². The van der Waals surface area contributed by atoms with E-state index in [1.165, 1.54) is 4.90 Å². The zero-order chi connectivity index (χ0) is 13.0. The fourth-order valence-electron chi connectivity index (χ4n) is 1.88. The van der Waals surface area contributed by atoms with Gasteiger partial charge in [0.05, 0.1) is 0 Å². The van der Waals surface area contributed by atoms with E-state index >= 15 is 0 Å². The van der Waals surface area contributed by atoms with Crippen LogP contribution in [0.25, 0.3) is 0 Å². The van der Waals surface area contributed by atoms with Crippen LogP contribution in [0.3, 0.4) is 0 Å². The first kappa shape index (κ1) is 12.3. The largest absolute Gasteiger partial charge is 0.328 e. The maximum atomic E-state index is 11.6. The molecule has 1 fully saturated rings. The molecule has 18 heavy (non-hydrogen) atoms. The van der Waals surface area contributed by atoms with Crippen LogP contribution in [0, 0.1) is 0 Å². The van der Waals surface area contributed by atoms with Crippen molar-refractivity contribution in [3.8, 4) is 0 Å². The topological polar surface area (TPSA) is 66.5 Å². The van der Waals surface area contributed by atoms with Gasteiger partial charge in [0, 0.05) is 25.1 Å². The number of aldehydes is 1. The van der Waals surface area contributed by atoms with Crippen LogP contribution in [0.2, 0.25) is 0 Å². The van der Waals surface area contributed by atoms with Crippen molar-refractivity contribution >= 4 is 23.9 Å². The van der Waals surface area contributed by atoms with E-state index in [9.17, 15) is 14.4 Å². The Morgan fingerprint density at radius 1 is 1.22 bits per heavy atom. The molecule has 2 rings (SSSR count). The summed E-state index contributed by atoms with van der Waals surface area (Å²) in [5.41, 5.74) is 1.81. The van der Waals surface area contributed by atoms with Crippen molar-refractivity contribution in [2.75, 3.05) is 11.4 Å². The van der Waals surface area contributed by atoms with Crippen LogP contribution >= 0.6 is 0 Å². The quantitative estimate of drug-likeness (QED) is 0.813. The molecule has 1 N–H and O–H groups in total. The van der Waals surface area contributed by atoms with Gasteiger partial charge in [-0.3, -0.25) is 15.0 Å². The molecule has 0 atom stereocenters. The molecule has 0 saturated carbocycles. The summed E-state index contributed by atoms with van der Waals surface area (Å²) in [5.74, 6) is -0.237. The van der Waals surface area contributed by atoms with Crippen LogP contribution in [0.1, 0.15) is 18.4 Å².